The molecule has 0 aromatic heterocycles. The largest absolute Gasteiger partial charge is 0.481 e. The van der Waals surface area contributed by atoms with Crippen molar-refractivity contribution in [2.24, 2.45) is 5.92 Å². The molecular weight excluding hydrogens is 288 g/mol. The second kappa shape index (κ2) is 7.02. The number of fused-ring (bicyclic) bond motifs is 1. The lowest BCUT2D eigenvalue weighted by Crippen LogP contribution is -2.52. The van der Waals surface area contributed by atoms with E-state index in [1.807, 2.05) is 0 Å². The molecule has 1 fully saturated rings. The highest BCUT2D eigenvalue weighted by Gasteiger charge is 2.35. The lowest BCUT2D eigenvalue weighted by atomic mass is 9.86. The van der Waals surface area contributed by atoms with E-state index in [0.717, 1.165) is 38.8 Å². The summed E-state index contributed by atoms with van der Waals surface area (Å²) >= 11 is 0. The maximum Gasteiger partial charge on any atom is 0.303 e. The SMILES string of the molecule is CN(C)[C@@H]1CCN(C2Cc3ccccc3C2)C[C@@H]1CCC(=O)O. The van der Waals surface area contributed by atoms with E-state index in [1.54, 1.807) is 0 Å². The highest BCUT2D eigenvalue weighted by atomic mass is 16.4. The van der Waals surface area contributed by atoms with Gasteiger partial charge in [0.25, 0.3) is 0 Å². The molecule has 0 unspecified atom stereocenters. The van der Waals surface area contributed by atoms with Crippen molar-refractivity contribution in [2.75, 3.05) is 27.2 Å². The molecule has 0 bridgehead atoms. The van der Waals surface area contributed by atoms with E-state index in [-0.39, 0.29) is 6.42 Å². The van der Waals surface area contributed by atoms with E-state index in [9.17, 15) is 4.79 Å². The Kier molecular flexibility index (Phi) is 5.02. The minimum atomic E-state index is -0.673. The molecule has 1 aliphatic carbocycles. The summed E-state index contributed by atoms with van der Waals surface area (Å²) in [7, 11) is 4.25. The van der Waals surface area contributed by atoms with Crippen LogP contribution in [0.2, 0.25) is 0 Å². The molecule has 1 aliphatic heterocycles. The second-order valence-corrected chi connectivity index (χ2v) is 7.34. The van der Waals surface area contributed by atoms with Crippen molar-refractivity contribution >= 4 is 5.97 Å². The fourth-order valence-electron chi connectivity index (χ4n) is 4.45. The van der Waals surface area contributed by atoms with Crippen LogP contribution in [-0.4, -0.2) is 60.1 Å². The van der Waals surface area contributed by atoms with Gasteiger partial charge in [0.15, 0.2) is 0 Å². The molecule has 1 heterocycles. The first-order chi connectivity index (χ1) is 11.0. The standard InChI is InChI=1S/C19H28N2O2/c1-20(2)18-9-10-21(13-16(18)7-8-19(22)23)17-11-14-5-3-4-6-15(14)12-17/h3-6,16-18H,7-13H2,1-2H3,(H,22,23)/t16-,18+/m0/s1. The zero-order valence-corrected chi connectivity index (χ0v) is 14.2. The Bertz CT molecular complexity index is 533. The van der Waals surface area contributed by atoms with Crippen LogP contribution in [0.3, 0.4) is 0 Å². The number of piperidine rings is 1. The van der Waals surface area contributed by atoms with Gasteiger partial charge in [-0.3, -0.25) is 9.69 Å². The quantitative estimate of drug-likeness (QED) is 0.905. The Labute approximate surface area is 139 Å². The van der Waals surface area contributed by atoms with Crippen molar-refractivity contribution in [1.29, 1.82) is 0 Å². The molecule has 0 saturated carbocycles. The average Bonchev–Trinajstić information content (AvgIpc) is 2.96. The van der Waals surface area contributed by atoms with E-state index < -0.39 is 5.97 Å². The number of benzene rings is 1. The molecule has 4 nitrogen and oxygen atoms in total. The summed E-state index contributed by atoms with van der Waals surface area (Å²) in [6.07, 6.45) is 4.51. The highest BCUT2D eigenvalue weighted by molar-refractivity contribution is 5.66. The van der Waals surface area contributed by atoms with Crippen molar-refractivity contribution in [2.45, 2.75) is 44.2 Å². The molecule has 2 aliphatic rings. The zero-order valence-electron chi connectivity index (χ0n) is 14.2. The fraction of sp³-hybridized carbons (Fsp3) is 0.632. The van der Waals surface area contributed by atoms with Crippen LogP contribution in [0.5, 0.6) is 0 Å². The number of hydrogen-bond donors (Lipinski definition) is 1. The number of hydrogen-bond acceptors (Lipinski definition) is 3. The van der Waals surface area contributed by atoms with Gasteiger partial charge < -0.3 is 10.0 Å². The first kappa shape index (κ1) is 16.5. The van der Waals surface area contributed by atoms with Crippen molar-refractivity contribution in [1.82, 2.24) is 9.80 Å². The molecule has 0 spiro atoms. The van der Waals surface area contributed by atoms with E-state index in [2.05, 4.69) is 48.2 Å². The molecule has 1 aromatic rings. The van der Waals surface area contributed by atoms with Crippen LogP contribution in [0, 0.1) is 5.92 Å². The first-order valence-corrected chi connectivity index (χ1v) is 8.73. The number of carbonyl (C=O) groups is 1. The summed E-state index contributed by atoms with van der Waals surface area (Å²) in [5.41, 5.74) is 2.99. The molecule has 1 N–H and O–H groups in total. The van der Waals surface area contributed by atoms with Crippen LogP contribution >= 0.6 is 0 Å². The monoisotopic (exact) mass is 316 g/mol. The van der Waals surface area contributed by atoms with Gasteiger partial charge in [0, 0.05) is 25.0 Å². The van der Waals surface area contributed by atoms with E-state index in [0.29, 0.717) is 18.0 Å². The molecule has 1 saturated heterocycles. The average molecular weight is 316 g/mol. The third-order valence-electron chi connectivity index (χ3n) is 5.66. The van der Waals surface area contributed by atoms with Crippen molar-refractivity contribution < 1.29 is 9.90 Å². The smallest absolute Gasteiger partial charge is 0.303 e. The van der Waals surface area contributed by atoms with Gasteiger partial charge in [0.1, 0.15) is 0 Å². The number of carboxylic acid groups (broad SMARTS) is 1. The van der Waals surface area contributed by atoms with Crippen LogP contribution in [0.4, 0.5) is 0 Å². The van der Waals surface area contributed by atoms with Crippen LogP contribution in [0.15, 0.2) is 24.3 Å². The number of nitrogens with zero attached hydrogens (tertiary/aromatic N) is 2. The number of likely N-dealkylation sites (tertiary alicyclic amines) is 1. The minimum Gasteiger partial charge on any atom is -0.481 e. The number of rotatable bonds is 5. The van der Waals surface area contributed by atoms with Crippen molar-refractivity contribution in [3.05, 3.63) is 35.4 Å². The van der Waals surface area contributed by atoms with Crippen molar-refractivity contribution in [3.8, 4) is 0 Å². The fourth-order valence-corrected chi connectivity index (χ4v) is 4.45. The third-order valence-corrected chi connectivity index (χ3v) is 5.66. The van der Waals surface area contributed by atoms with Gasteiger partial charge in [-0.2, -0.15) is 0 Å². The normalized spacial score (nSPS) is 25.7. The van der Waals surface area contributed by atoms with Gasteiger partial charge in [-0.1, -0.05) is 24.3 Å². The maximum absolute atomic E-state index is 11.0. The second-order valence-electron chi connectivity index (χ2n) is 7.34. The van der Waals surface area contributed by atoms with Gasteiger partial charge in [0.05, 0.1) is 0 Å². The van der Waals surface area contributed by atoms with Crippen LogP contribution < -0.4 is 0 Å². The van der Waals surface area contributed by atoms with Gasteiger partial charge in [-0.15, -0.1) is 0 Å². The lowest BCUT2D eigenvalue weighted by molar-refractivity contribution is -0.137. The van der Waals surface area contributed by atoms with E-state index >= 15 is 0 Å². The summed E-state index contributed by atoms with van der Waals surface area (Å²) in [4.78, 5) is 15.9. The molecule has 0 radical (unpaired) electrons. The molecule has 3 rings (SSSR count). The number of carboxylic acids is 1. The summed E-state index contributed by atoms with van der Waals surface area (Å²) in [5.74, 6) is -0.216. The summed E-state index contributed by atoms with van der Waals surface area (Å²) in [6, 6.07) is 9.88. The number of aliphatic carboxylic acids is 1. The molecule has 126 valence electrons. The van der Waals surface area contributed by atoms with Crippen molar-refractivity contribution in [3.63, 3.8) is 0 Å². The first-order valence-electron chi connectivity index (χ1n) is 8.73. The predicted molar refractivity (Wildman–Crippen MR) is 91.7 cm³/mol. The maximum atomic E-state index is 11.0. The van der Waals surface area contributed by atoms with Crippen LogP contribution in [-0.2, 0) is 17.6 Å². The Hall–Kier alpha value is -1.39. The molecule has 2 atom stereocenters. The summed E-state index contributed by atoms with van der Waals surface area (Å²) in [6.45, 7) is 2.17. The Morgan fingerprint density at radius 1 is 1.26 bits per heavy atom. The molecule has 23 heavy (non-hydrogen) atoms. The van der Waals surface area contributed by atoms with Gasteiger partial charge >= 0.3 is 5.97 Å². The molecule has 0 amide bonds. The highest BCUT2D eigenvalue weighted by Crippen LogP contribution is 2.31. The minimum absolute atomic E-state index is 0.285. The van der Waals surface area contributed by atoms with E-state index in [4.69, 9.17) is 5.11 Å². The topological polar surface area (TPSA) is 43.8 Å². The lowest BCUT2D eigenvalue weighted by Gasteiger charge is -2.44. The molecule has 1 aromatic carbocycles. The summed E-state index contributed by atoms with van der Waals surface area (Å²) < 4.78 is 0. The zero-order chi connectivity index (χ0) is 16.4. The summed E-state index contributed by atoms with van der Waals surface area (Å²) in [5, 5.41) is 9.04. The third kappa shape index (κ3) is 3.75. The van der Waals surface area contributed by atoms with Crippen LogP contribution in [0.25, 0.3) is 0 Å². The molecular formula is C19H28N2O2. The van der Waals surface area contributed by atoms with Crippen LogP contribution in [0.1, 0.15) is 30.4 Å². The molecule has 4 heteroatoms. The van der Waals surface area contributed by atoms with Gasteiger partial charge in [-0.25, -0.2) is 0 Å². The Morgan fingerprint density at radius 3 is 2.48 bits per heavy atom. The Morgan fingerprint density at radius 2 is 1.91 bits per heavy atom. The van der Waals surface area contributed by atoms with E-state index in [1.165, 1.54) is 11.1 Å². The van der Waals surface area contributed by atoms with Gasteiger partial charge in [0.2, 0.25) is 0 Å². The predicted octanol–water partition coefficient (Wildman–Crippen LogP) is 2.27. The van der Waals surface area contributed by atoms with Gasteiger partial charge in [-0.05, 0) is 63.4 Å². The Balaban J connectivity index is 1.65.